The first kappa shape index (κ1) is 16.3. The van der Waals surface area contributed by atoms with Gasteiger partial charge in [-0.25, -0.2) is 0 Å². The highest BCUT2D eigenvalue weighted by Gasteiger charge is 2.21. The van der Waals surface area contributed by atoms with Gasteiger partial charge in [0, 0.05) is 6.04 Å². The largest absolute Gasteiger partial charge is 0.461 e. The SMILES string of the molecule is CCCC1CCC(Nc2nc(Cl)nc(OC(C)C)n2)CC1. The molecule has 1 N–H and O–H groups in total. The molecule has 21 heavy (non-hydrogen) atoms. The van der Waals surface area contributed by atoms with Crippen LogP contribution in [-0.2, 0) is 0 Å². The molecule has 0 bridgehead atoms. The summed E-state index contributed by atoms with van der Waals surface area (Å²) >= 11 is 5.93. The van der Waals surface area contributed by atoms with E-state index in [-0.39, 0.29) is 17.4 Å². The normalized spacial score (nSPS) is 22.3. The first-order chi connectivity index (χ1) is 10.1. The maximum Gasteiger partial charge on any atom is 0.322 e. The lowest BCUT2D eigenvalue weighted by Crippen LogP contribution is -2.27. The fourth-order valence-corrected chi connectivity index (χ4v) is 3.00. The van der Waals surface area contributed by atoms with Crippen LogP contribution in [0.5, 0.6) is 6.01 Å². The first-order valence-electron chi connectivity index (χ1n) is 7.91. The van der Waals surface area contributed by atoms with Crippen molar-refractivity contribution in [2.45, 2.75) is 71.4 Å². The predicted molar refractivity (Wildman–Crippen MR) is 84.9 cm³/mol. The predicted octanol–water partition coefficient (Wildman–Crippen LogP) is 4.08. The lowest BCUT2D eigenvalue weighted by Gasteiger charge is -2.28. The topological polar surface area (TPSA) is 59.9 Å². The molecule has 6 heteroatoms. The highest BCUT2D eigenvalue weighted by atomic mass is 35.5. The maximum atomic E-state index is 5.93. The van der Waals surface area contributed by atoms with Gasteiger partial charge in [-0.05, 0) is 57.0 Å². The van der Waals surface area contributed by atoms with Crippen LogP contribution in [-0.4, -0.2) is 27.1 Å². The molecule has 118 valence electrons. The zero-order valence-electron chi connectivity index (χ0n) is 13.1. The number of hydrogen-bond acceptors (Lipinski definition) is 5. The van der Waals surface area contributed by atoms with Gasteiger partial charge in [-0.1, -0.05) is 19.8 Å². The van der Waals surface area contributed by atoms with Crippen LogP contribution in [0.3, 0.4) is 0 Å². The van der Waals surface area contributed by atoms with Crippen molar-refractivity contribution in [3.05, 3.63) is 5.28 Å². The minimum absolute atomic E-state index is 0.0146. The van der Waals surface area contributed by atoms with Gasteiger partial charge in [0.25, 0.3) is 0 Å². The van der Waals surface area contributed by atoms with E-state index in [0.717, 1.165) is 18.8 Å². The van der Waals surface area contributed by atoms with E-state index < -0.39 is 0 Å². The molecule has 1 heterocycles. The van der Waals surface area contributed by atoms with Gasteiger partial charge in [0.15, 0.2) is 0 Å². The number of nitrogens with one attached hydrogen (secondary N) is 1. The van der Waals surface area contributed by atoms with Gasteiger partial charge in [-0.15, -0.1) is 0 Å². The Morgan fingerprint density at radius 1 is 1.19 bits per heavy atom. The van der Waals surface area contributed by atoms with E-state index in [0.29, 0.717) is 12.0 Å². The van der Waals surface area contributed by atoms with Gasteiger partial charge in [0.2, 0.25) is 11.2 Å². The van der Waals surface area contributed by atoms with E-state index in [2.05, 4.69) is 27.2 Å². The number of aromatic nitrogens is 3. The second kappa shape index (κ2) is 7.78. The molecule has 0 spiro atoms. The molecule has 0 aromatic carbocycles. The van der Waals surface area contributed by atoms with Crippen molar-refractivity contribution < 1.29 is 4.74 Å². The fourth-order valence-electron chi connectivity index (χ4n) is 2.85. The van der Waals surface area contributed by atoms with Crippen molar-refractivity contribution in [3.63, 3.8) is 0 Å². The van der Waals surface area contributed by atoms with Gasteiger partial charge in [0.05, 0.1) is 6.10 Å². The minimum atomic E-state index is 0.0146. The third-order valence-electron chi connectivity index (χ3n) is 3.81. The van der Waals surface area contributed by atoms with Crippen molar-refractivity contribution in [2.24, 2.45) is 5.92 Å². The molecule has 1 aromatic rings. The van der Waals surface area contributed by atoms with Crippen LogP contribution in [0, 0.1) is 5.92 Å². The third kappa shape index (κ3) is 5.30. The minimum Gasteiger partial charge on any atom is -0.461 e. The summed E-state index contributed by atoms with van der Waals surface area (Å²) in [5, 5.41) is 3.54. The number of nitrogens with zero attached hydrogens (tertiary/aromatic N) is 3. The maximum absolute atomic E-state index is 5.93. The average molecular weight is 313 g/mol. The van der Waals surface area contributed by atoms with E-state index in [1.54, 1.807) is 0 Å². The average Bonchev–Trinajstić information content (AvgIpc) is 2.40. The van der Waals surface area contributed by atoms with Gasteiger partial charge < -0.3 is 10.1 Å². The van der Waals surface area contributed by atoms with Crippen molar-refractivity contribution in [2.75, 3.05) is 5.32 Å². The molecular formula is C15H25ClN4O. The van der Waals surface area contributed by atoms with Gasteiger partial charge >= 0.3 is 6.01 Å². The van der Waals surface area contributed by atoms with Crippen LogP contribution in [0.2, 0.25) is 5.28 Å². The number of hydrogen-bond donors (Lipinski definition) is 1. The molecule has 1 aliphatic carbocycles. The van der Waals surface area contributed by atoms with Crippen molar-refractivity contribution >= 4 is 17.5 Å². The van der Waals surface area contributed by atoms with Crippen molar-refractivity contribution in [1.82, 2.24) is 15.0 Å². The summed E-state index contributed by atoms with van der Waals surface area (Å²) in [6.07, 6.45) is 7.52. The second-order valence-corrected chi connectivity index (χ2v) is 6.37. The Bertz CT molecular complexity index is 447. The molecule has 0 radical (unpaired) electrons. The lowest BCUT2D eigenvalue weighted by atomic mass is 9.83. The number of anilines is 1. The molecule has 1 fully saturated rings. The summed E-state index contributed by atoms with van der Waals surface area (Å²) in [5.41, 5.74) is 0. The Morgan fingerprint density at radius 2 is 1.90 bits per heavy atom. The monoisotopic (exact) mass is 312 g/mol. The molecule has 1 aromatic heterocycles. The summed E-state index contributed by atoms with van der Waals surface area (Å²) in [4.78, 5) is 12.4. The number of rotatable bonds is 6. The molecule has 0 atom stereocenters. The van der Waals surface area contributed by atoms with Crippen LogP contribution in [0.25, 0.3) is 0 Å². The second-order valence-electron chi connectivity index (χ2n) is 6.03. The lowest BCUT2D eigenvalue weighted by molar-refractivity contribution is 0.221. The Labute approximate surface area is 131 Å². The fraction of sp³-hybridized carbons (Fsp3) is 0.800. The van der Waals surface area contributed by atoms with Crippen LogP contribution < -0.4 is 10.1 Å². The quantitative estimate of drug-likeness (QED) is 0.857. The molecule has 1 saturated carbocycles. The van der Waals surface area contributed by atoms with Crippen LogP contribution in [0.15, 0.2) is 0 Å². The molecule has 1 aliphatic rings. The molecule has 0 amide bonds. The Morgan fingerprint density at radius 3 is 2.52 bits per heavy atom. The molecule has 5 nitrogen and oxygen atoms in total. The Kier molecular flexibility index (Phi) is 6.03. The van der Waals surface area contributed by atoms with E-state index in [1.165, 1.54) is 25.7 Å². The summed E-state index contributed by atoms with van der Waals surface area (Å²) in [7, 11) is 0. The molecule has 0 saturated heterocycles. The van der Waals surface area contributed by atoms with Crippen LogP contribution in [0.1, 0.15) is 59.3 Å². The summed E-state index contributed by atoms with van der Waals surface area (Å²) in [5.74, 6) is 1.40. The van der Waals surface area contributed by atoms with Crippen molar-refractivity contribution in [1.29, 1.82) is 0 Å². The van der Waals surface area contributed by atoms with Gasteiger partial charge in [-0.2, -0.15) is 15.0 Å². The number of halogens is 1. The highest BCUT2D eigenvalue weighted by Crippen LogP contribution is 2.29. The highest BCUT2D eigenvalue weighted by molar-refractivity contribution is 6.28. The van der Waals surface area contributed by atoms with Gasteiger partial charge in [0.1, 0.15) is 0 Å². The van der Waals surface area contributed by atoms with E-state index in [9.17, 15) is 0 Å². The molecule has 0 unspecified atom stereocenters. The van der Waals surface area contributed by atoms with Crippen LogP contribution >= 0.6 is 11.6 Å². The van der Waals surface area contributed by atoms with Gasteiger partial charge in [-0.3, -0.25) is 0 Å². The summed E-state index contributed by atoms with van der Waals surface area (Å²) in [6.45, 7) is 6.12. The Hall–Kier alpha value is -1.10. The zero-order chi connectivity index (χ0) is 15.2. The van der Waals surface area contributed by atoms with E-state index in [1.807, 2.05) is 13.8 Å². The van der Waals surface area contributed by atoms with Crippen molar-refractivity contribution in [3.8, 4) is 6.01 Å². The number of ether oxygens (including phenoxy) is 1. The van der Waals surface area contributed by atoms with E-state index in [4.69, 9.17) is 16.3 Å². The third-order valence-corrected chi connectivity index (χ3v) is 3.97. The zero-order valence-corrected chi connectivity index (χ0v) is 13.9. The summed E-state index contributed by atoms with van der Waals surface area (Å²) in [6, 6.07) is 0.704. The molecule has 0 aliphatic heterocycles. The standard InChI is InChI=1S/C15H25ClN4O/c1-4-5-11-6-8-12(9-7-11)17-14-18-13(16)19-15(20-14)21-10(2)3/h10-12H,4-9H2,1-3H3,(H,17,18,19,20). The van der Waals surface area contributed by atoms with E-state index >= 15 is 0 Å². The Balaban J connectivity index is 1.92. The first-order valence-corrected chi connectivity index (χ1v) is 8.29. The molecular weight excluding hydrogens is 288 g/mol. The molecule has 2 rings (SSSR count). The van der Waals surface area contributed by atoms with Crippen LogP contribution in [0.4, 0.5) is 5.95 Å². The smallest absolute Gasteiger partial charge is 0.322 e. The summed E-state index contributed by atoms with van der Waals surface area (Å²) < 4.78 is 5.49.